The van der Waals surface area contributed by atoms with Gasteiger partial charge >= 0.3 is 0 Å². The Morgan fingerprint density at radius 3 is 2.56 bits per heavy atom. The number of benzene rings is 2. The molecule has 0 radical (unpaired) electrons. The second-order valence-electron chi connectivity index (χ2n) is 6.03. The lowest BCUT2D eigenvalue weighted by Crippen LogP contribution is -2.24. The maximum atomic E-state index is 11.9. The lowest BCUT2D eigenvalue weighted by Gasteiger charge is -2.11. The van der Waals surface area contributed by atoms with Crippen LogP contribution in [0.1, 0.15) is 30.9 Å². The molecule has 2 aromatic rings. The van der Waals surface area contributed by atoms with Crippen LogP contribution in [-0.2, 0) is 4.79 Å². The molecule has 0 heterocycles. The van der Waals surface area contributed by atoms with Crippen LogP contribution in [0, 0.1) is 0 Å². The molecule has 0 spiro atoms. The first-order valence-electron chi connectivity index (χ1n) is 8.40. The van der Waals surface area contributed by atoms with E-state index in [-0.39, 0.29) is 12.5 Å². The third-order valence-electron chi connectivity index (χ3n) is 3.81. The number of halogens is 1. The van der Waals surface area contributed by atoms with Gasteiger partial charge in [0, 0.05) is 11.6 Å². The number of hydrogen-bond donors (Lipinski definition) is 1. The monoisotopic (exact) mass is 434 g/mol. The van der Waals surface area contributed by atoms with Crippen LogP contribution >= 0.6 is 15.9 Å². The number of nitrogens with zero attached hydrogens (tertiary/aromatic N) is 1. The molecule has 144 valence electrons. The summed E-state index contributed by atoms with van der Waals surface area (Å²) in [5, 5.41) is 3.94. The fourth-order valence-corrected chi connectivity index (χ4v) is 2.78. The zero-order valence-electron chi connectivity index (χ0n) is 15.8. The van der Waals surface area contributed by atoms with Crippen LogP contribution in [0.15, 0.2) is 46.0 Å². The quantitative estimate of drug-likeness (QED) is 0.501. The Kier molecular flexibility index (Phi) is 7.67. The molecule has 2 aromatic carbocycles. The third kappa shape index (κ3) is 5.99. The first kappa shape index (κ1) is 20.8. The summed E-state index contributed by atoms with van der Waals surface area (Å²) in [6.45, 7) is 4.09. The maximum Gasteiger partial charge on any atom is 0.277 e. The van der Waals surface area contributed by atoms with Crippen LogP contribution in [-0.4, -0.2) is 32.9 Å². The van der Waals surface area contributed by atoms with Gasteiger partial charge in [0.2, 0.25) is 0 Å². The van der Waals surface area contributed by atoms with E-state index in [0.717, 1.165) is 4.47 Å². The second kappa shape index (κ2) is 9.97. The van der Waals surface area contributed by atoms with Gasteiger partial charge in [0.25, 0.3) is 5.91 Å². The van der Waals surface area contributed by atoms with E-state index in [4.69, 9.17) is 14.2 Å². The predicted octanol–water partition coefficient (Wildman–Crippen LogP) is 4.12. The van der Waals surface area contributed by atoms with E-state index < -0.39 is 0 Å². The van der Waals surface area contributed by atoms with Gasteiger partial charge in [-0.15, -0.1) is 0 Å². The molecule has 0 atom stereocenters. The molecule has 27 heavy (non-hydrogen) atoms. The number of amides is 1. The Morgan fingerprint density at radius 2 is 1.93 bits per heavy atom. The molecule has 0 aromatic heterocycles. The summed E-state index contributed by atoms with van der Waals surface area (Å²) in [5.74, 6) is 1.94. The highest BCUT2D eigenvalue weighted by Crippen LogP contribution is 2.28. The molecule has 0 aliphatic carbocycles. The number of hydrogen-bond acceptors (Lipinski definition) is 5. The smallest absolute Gasteiger partial charge is 0.277 e. The zero-order chi connectivity index (χ0) is 19.8. The van der Waals surface area contributed by atoms with E-state index in [1.54, 1.807) is 32.4 Å². The van der Waals surface area contributed by atoms with Gasteiger partial charge in [-0.2, -0.15) is 5.10 Å². The highest BCUT2D eigenvalue weighted by molar-refractivity contribution is 9.10. The minimum absolute atomic E-state index is 0.142. The zero-order valence-corrected chi connectivity index (χ0v) is 17.4. The molecule has 0 saturated carbocycles. The van der Waals surface area contributed by atoms with Crippen molar-refractivity contribution in [1.29, 1.82) is 0 Å². The van der Waals surface area contributed by atoms with Crippen molar-refractivity contribution in [2.45, 2.75) is 19.8 Å². The van der Waals surface area contributed by atoms with Crippen molar-refractivity contribution in [3.8, 4) is 17.2 Å². The number of methoxy groups -OCH3 is 2. The molecular formula is C20H23BrN2O4. The second-order valence-corrected chi connectivity index (χ2v) is 6.89. The minimum atomic E-state index is -0.362. The Labute approximate surface area is 167 Å². The topological polar surface area (TPSA) is 69.2 Å². The summed E-state index contributed by atoms with van der Waals surface area (Å²) < 4.78 is 16.8. The molecule has 2 rings (SSSR count). The van der Waals surface area contributed by atoms with Gasteiger partial charge in [0.05, 0.1) is 24.9 Å². The summed E-state index contributed by atoms with van der Waals surface area (Å²) in [7, 11) is 3.14. The van der Waals surface area contributed by atoms with Crippen LogP contribution in [0.3, 0.4) is 0 Å². The van der Waals surface area contributed by atoms with Gasteiger partial charge in [-0.05, 0) is 51.7 Å². The number of nitrogens with one attached hydrogen (secondary N) is 1. The molecule has 0 saturated heterocycles. The average Bonchev–Trinajstić information content (AvgIpc) is 2.67. The highest BCUT2D eigenvalue weighted by Gasteiger charge is 2.08. The normalized spacial score (nSPS) is 10.9. The summed E-state index contributed by atoms with van der Waals surface area (Å²) in [6.07, 6.45) is 1.50. The third-order valence-corrected chi connectivity index (χ3v) is 4.43. The largest absolute Gasteiger partial charge is 0.497 e. The molecular weight excluding hydrogens is 412 g/mol. The van der Waals surface area contributed by atoms with Crippen LogP contribution in [0.4, 0.5) is 0 Å². The lowest BCUT2D eigenvalue weighted by molar-refractivity contribution is -0.123. The lowest BCUT2D eigenvalue weighted by atomic mass is 10.0. The van der Waals surface area contributed by atoms with Gasteiger partial charge in [0.15, 0.2) is 6.61 Å². The number of hydrazone groups is 1. The average molecular weight is 435 g/mol. The van der Waals surface area contributed by atoms with Crippen molar-refractivity contribution in [2.75, 3.05) is 20.8 Å². The van der Waals surface area contributed by atoms with E-state index in [1.165, 1.54) is 11.8 Å². The first-order chi connectivity index (χ1) is 12.9. The number of carbonyl (C=O) groups is 1. The molecule has 0 bridgehead atoms. The van der Waals surface area contributed by atoms with Crippen LogP contribution in [0.5, 0.6) is 17.2 Å². The van der Waals surface area contributed by atoms with Crippen molar-refractivity contribution in [2.24, 2.45) is 5.10 Å². The molecule has 7 heteroatoms. The molecule has 0 aliphatic heterocycles. The Bertz CT molecular complexity index is 822. The molecule has 0 aliphatic rings. The molecule has 0 fully saturated rings. The van der Waals surface area contributed by atoms with Crippen LogP contribution < -0.4 is 19.6 Å². The van der Waals surface area contributed by atoms with Crippen molar-refractivity contribution in [1.82, 2.24) is 5.43 Å². The van der Waals surface area contributed by atoms with Crippen molar-refractivity contribution >= 4 is 28.1 Å². The fourth-order valence-electron chi connectivity index (χ4n) is 2.27. The predicted molar refractivity (Wildman–Crippen MR) is 109 cm³/mol. The molecule has 0 unspecified atom stereocenters. The fraction of sp³-hybridized carbons (Fsp3) is 0.300. The van der Waals surface area contributed by atoms with E-state index in [9.17, 15) is 4.79 Å². The van der Waals surface area contributed by atoms with Crippen molar-refractivity contribution in [3.05, 3.63) is 52.0 Å². The number of ether oxygens (including phenoxy) is 3. The molecule has 6 nitrogen and oxygen atoms in total. The summed E-state index contributed by atoms with van der Waals surface area (Å²) >= 11 is 3.47. The number of carbonyl (C=O) groups excluding carboxylic acids is 1. The Hall–Kier alpha value is -2.54. The van der Waals surface area contributed by atoms with Gasteiger partial charge in [-0.3, -0.25) is 4.79 Å². The van der Waals surface area contributed by atoms with E-state index in [2.05, 4.69) is 40.3 Å². The van der Waals surface area contributed by atoms with Gasteiger partial charge in [0.1, 0.15) is 17.2 Å². The van der Waals surface area contributed by atoms with Crippen LogP contribution in [0.25, 0.3) is 0 Å². The Morgan fingerprint density at radius 1 is 1.15 bits per heavy atom. The maximum absolute atomic E-state index is 11.9. The van der Waals surface area contributed by atoms with Gasteiger partial charge < -0.3 is 14.2 Å². The van der Waals surface area contributed by atoms with E-state index in [0.29, 0.717) is 28.7 Å². The van der Waals surface area contributed by atoms with Gasteiger partial charge in [-0.1, -0.05) is 19.9 Å². The highest BCUT2D eigenvalue weighted by atomic mass is 79.9. The van der Waals surface area contributed by atoms with Crippen molar-refractivity contribution in [3.63, 3.8) is 0 Å². The van der Waals surface area contributed by atoms with Crippen molar-refractivity contribution < 1.29 is 19.0 Å². The Balaban J connectivity index is 1.90. The summed E-state index contributed by atoms with van der Waals surface area (Å²) in [5.41, 5.74) is 4.34. The standard InChI is InChI=1S/C20H23BrN2O4/c1-13(2)14-6-8-18(17(21)9-14)27-12-20(24)23-22-11-15-5-7-16(25-3)10-19(15)26-4/h5-11,13H,12H2,1-4H3,(H,23,24). The summed E-state index contributed by atoms with van der Waals surface area (Å²) in [6, 6.07) is 11.1. The summed E-state index contributed by atoms with van der Waals surface area (Å²) in [4.78, 5) is 11.9. The number of rotatable bonds is 8. The molecule has 1 amide bonds. The first-order valence-corrected chi connectivity index (χ1v) is 9.20. The molecule has 1 N–H and O–H groups in total. The SMILES string of the molecule is COc1ccc(C=NNC(=O)COc2ccc(C(C)C)cc2Br)c(OC)c1. The minimum Gasteiger partial charge on any atom is -0.497 e. The van der Waals surface area contributed by atoms with Gasteiger partial charge in [-0.25, -0.2) is 5.43 Å². The van der Waals surface area contributed by atoms with E-state index in [1.807, 2.05) is 18.2 Å². The van der Waals surface area contributed by atoms with Crippen LogP contribution in [0.2, 0.25) is 0 Å². The van der Waals surface area contributed by atoms with E-state index >= 15 is 0 Å².